The topological polar surface area (TPSA) is 70.2 Å². The van der Waals surface area contributed by atoms with Crippen molar-refractivity contribution in [2.24, 2.45) is 5.92 Å². The Balaban J connectivity index is 1.45. The van der Waals surface area contributed by atoms with Crippen molar-refractivity contribution in [1.82, 2.24) is 15.5 Å². The third-order valence-corrected chi connectivity index (χ3v) is 5.08. The van der Waals surface area contributed by atoms with Crippen LogP contribution in [0.1, 0.15) is 25.0 Å². The normalized spacial score (nSPS) is 12.9. The summed E-state index contributed by atoms with van der Waals surface area (Å²) in [5, 5.41) is 9.33. The summed E-state index contributed by atoms with van der Waals surface area (Å²) in [6, 6.07) is 7.17. The third kappa shape index (κ3) is 4.68. The summed E-state index contributed by atoms with van der Waals surface area (Å²) in [5.74, 6) is -0.0998. The van der Waals surface area contributed by atoms with Crippen molar-refractivity contribution in [3.8, 4) is 16.9 Å². The van der Waals surface area contributed by atoms with Gasteiger partial charge < -0.3 is 10.1 Å². The lowest BCUT2D eigenvalue weighted by atomic mass is 10.0. The quantitative estimate of drug-likeness (QED) is 0.602. The molecule has 0 unspecified atom stereocenters. The Morgan fingerprint density at radius 2 is 2.10 bits per heavy atom. The van der Waals surface area contributed by atoms with Crippen LogP contribution < -0.4 is 15.0 Å². The second-order valence-corrected chi connectivity index (χ2v) is 8.01. The highest BCUT2D eigenvalue weighted by Gasteiger charge is 2.26. The Kier molecular flexibility index (Phi) is 5.88. The fourth-order valence-electron chi connectivity index (χ4n) is 3.58. The number of aromatic amines is 1. The molecule has 4 rings (SSSR count). The molecular weight excluding hydrogens is 402 g/mol. The Morgan fingerprint density at radius 1 is 1.26 bits per heavy atom. The molecule has 0 saturated heterocycles. The van der Waals surface area contributed by atoms with Crippen LogP contribution in [0, 0.1) is 17.6 Å². The minimum atomic E-state index is -0.425. The van der Waals surface area contributed by atoms with E-state index in [9.17, 15) is 13.6 Å². The minimum Gasteiger partial charge on any atom is -0.493 e. The maximum atomic E-state index is 14.7. The van der Waals surface area contributed by atoms with Crippen molar-refractivity contribution in [2.45, 2.75) is 26.8 Å². The van der Waals surface area contributed by atoms with Gasteiger partial charge in [0.25, 0.3) is 0 Å². The second-order valence-electron chi connectivity index (χ2n) is 8.01. The van der Waals surface area contributed by atoms with Gasteiger partial charge in [0.05, 0.1) is 18.5 Å². The molecule has 2 aromatic carbocycles. The lowest BCUT2D eigenvalue weighted by Crippen LogP contribution is -2.38. The number of rotatable bonds is 6. The fourth-order valence-corrected chi connectivity index (χ4v) is 3.58. The number of hydrogen-bond acceptors (Lipinski definition) is 3. The third-order valence-electron chi connectivity index (χ3n) is 5.08. The van der Waals surface area contributed by atoms with Crippen LogP contribution in [0.15, 0.2) is 42.7 Å². The molecule has 162 valence electrons. The van der Waals surface area contributed by atoms with Crippen LogP contribution >= 0.6 is 0 Å². The molecule has 8 heteroatoms. The Bertz CT molecular complexity index is 1080. The van der Waals surface area contributed by atoms with Gasteiger partial charge in [0.15, 0.2) is 0 Å². The Labute approximate surface area is 179 Å². The molecule has 0 radical (unpaired) electrons. The van der Waals surface area contributed by atoms with Gasteiger partial charge in [-0.1, -0.05) is 13.8 Å². The molecule has 0 fully saturated rings. The van der Waals surface area contributed by atoms with Gasteiger partial charge in [-0.3, -0.25) is 10.00 Å². The largest absolute Gasteiger partial charge is 0.493 e. The smallest absolute Gasteiger partial charge is 0.322 e. The van der Waals surface area contributed by atoms with Crippen LogP contribution in [0.25, 0.3) is 11.1 Å². The molecule has 1 aliphatic rings. The van der Waals surface area contributed by atoms with E-state index in [0.29, 0.717) is 53.6 Å². The minimum absolute atomic E-state index is 0.135. The average Bonchev–Trinajstić information content (AvgIpc) is 3.39. The predicted octanol–water partition coefficient (Wildman–Crippen LogP) is 4.66. The number of H-pyrrole nitrogens is 1. The van der Waals surface area contributed by atoms with E-state index < -0.39 is 11.6 Å². The zero-order valence-electron chi connectivity index (χ0n) is 17.4. The van der Waals surface area contributed by atoms with Crippen molar-refractivity contribution < 1.29 is 18.3 Å². The van der Waals surface area contributed by atoms with Crippen LogP contribution in [0.3, 0.4) is 0 Å². The lowest BCUT2D eigenvalue weighted by molar-refractivity contribution is 0.246. The van der Waals surface area contributed by atoms with Crippen LogP contribution in [0.2, 0.25) is 0 Å². The van der Waals surface area contributed by atoms with E-state index in [1.807, 2.05) is 13.8 Å². The summed E-state index contributed by atoms with van der Waals surface area (Å²) in [6.45, 7) is 5.08. The number of urea groups is 1. The van der Waals surface area contributed by atoms with Gasteiger partial charge in [0.2, 0.25) is 0 Å². The second kappa shape index (κ2) is 8.75. The van der Waals surface area contributed by atoms with Gasteiger partial charge in [-0.05, 0) is 47.7 Å². The maximum absolute atomic E-state index is 14.7. The number of nitrogens with zero attached hydrogens (tertiary/aromatic N) is 2. The van der Waals surface area contributed by atoms with Gasteiger partial charge in [-0.15, -0.1) is 0 Å². The van der Waals surface area contributed by atoms with Crippen molar-refractivity contribution >= 4 is 11.7 Å². The summed E-state index contributed by atoms with van der Waals surface area (Å²) < 4.78 is 34.2. The molecule has 2 N–H and O–H groups in total. The Morgan fingerprint density at radius 3 is 2.84 bits per heavy atom. The number of halogens is 2. The standard InChI is InChI=1S/C23H24F2N4O2/c1-14(2)13-31-19-6-15(5-18(24)8-19)10-26-23(30)29-4-3-16-7-20(17-11-27-28-12-17)21(25)9-22(16)29/h5-9,11-12,14H,3-4,10,13H2,1-2H3,(H,26,30)(H,27,28). The number of fused-ring (bicyclic) bond motifs is 1. The number of aromatic nitrogens is 2. The van der Waals surface area contributed by atoms with Crippen molar-refractivity contribution in [3.63, 3.8) is 0 Å². The molecule has 0 bridgehead atoms. The zero-order valence-corrected chi connectivity index (χ0v) is 17.4. The Hall–Kier alpha value is -3.42. The fraction of sp³-hybridized carbons (Fsp3) is 0.304. The molecule has 1 aliphatic heterocycles. The molecule has 2 amide bonds. The number of amides is 2. The first-order valence-electron chi connectivity index (χ1n) is 10.2. The average molecular weight is 426 g/mol. The van der Waals surface area contributed by atoms with Gasteiger partial charge >= 0.3 is 6.03 Å². The number of anilines is 1. The summed E-state index contributed by atoms with van der Waals surface area (Å²) in [6.07, 6.45) is 3.81. The van der Waals surface area contributed by atoms with E-state index in [4.69, 9.17) is 4.74 Å². The van der Waals surface area contributed by atoms with Crippen molar-refractivity contribution in [1.29, 1.82) is 0 Å². The molecule has 0 spiro atoms. The van der Waals surface area contributed by atoms with Crippen LogP contribution in [-0.4, -0.2) is 29.4 Å². The maximum Gasteiger partial charge on any atom is 0.322 e. The lowest BCUT2D eigenvalue weighted by Gasteiger charge is -2.19. The molecule has 6 nitrogen and oxygen atoms in total. The van der Waals surface area contributed by atoms with Crippen LogP contribution in [0.4, 0.5) is 19.3 Å². The van der Waals surface area contributed by atoms with E-state index in [-0.39, 0.29) is 12.6 Å². The molecular formula is C23H24F2N4O2. The molecule has 31 heavy (non-hydrogen) atoms. The number of nitrogens with one attached hydrogen (secondary N) is 2. The van der Waals surface area contributed by atoms with Crippen molar-refractivity contribution in [2.75, 3.05) is 18.1 Å². The summed E-state index contributed by atoms with van der Waals surface area (Å²) in [4.78, 5) is 14.3. The SMILES string of the molecule is CC(C)COc1cc(F)cc(CNC(=O)N2CCc3cc(-c4cn[nH]c4)c(F)cc32)c1. The van der Waals surface area contributed by atoms with Gasteiger partial charge in [-0.2, -0.15) is 5.10 Å². The summed E-state index contributed by atoms with van der Waals surface area (Å²) >= 11 is 0. The number of carbonyl (C=O) groups is 1. The highest BCUT2D eigenvalue weighted by atomic mass is 19.1. The monoisotopic (exact) mass is 426 g/mol. The van der Waals surface area contributed by atoms with Gasteiger partial charge in [-0.25, -0.2) is 13.6 Å². The molecule has 0 aliphatic carbocycles. The molecule has 0 saturated carbocycles. The van der Waals surface area contributed by atoms with E-state index in [1.54, 1.807) is 24.5 Å². The zero-order chi connectivity index (χ0) is 22.0. The predicted molar refractivity (Wildman–Crippen MR) is 114 cm³/mol. The van der Waals surface area contributed by atoms with Crippen LogP contribution in [-0.2, 0) is 13.0 Å². The van der Waals surface area contributed by atoms with Gasteiger partial charge in [0, 0.05) is 36.5 Å². The van der Waals surface area contributed by atoms with Crippen molar-refractivity contribution in [3.05, 3.63) is 65.5 Å². The van der Waals surface area contributed by atoms with E-state index in [0.717, 1.165) is 5.56 Å². The number of benzene rings is 2. The molecule has 3 aromatic rings. The van der Waals surface area contributed by atoms with E-state index in [2.05, 4.69) is 15.5 Å². The molecule has 0 atom stereocenters. The van der Waals surface area contributed by atoms with E-state index >= 15 is 0 Å². The first-order valence-corrected chi connectivity index (χ1v) is 10.2. The van der Waals surface area contributed by atoms with E-state index in [1.165, 1.54) is 23.1 Å². The number of hydrogen-bond donors (Lipinski definition) is 2. The highest BCUT2D eigenvalue weighted by molar-refractivity contribution is 5.94. The number of carbonyl (C=O) groups excluding carboxylic acids is 1. The van der Waals surface area contributed by atoms with Gasteiger partial charge in [0.1, 0.15) is 17.4 Å². The first-order chi connectivity index (χ1) is 14.9. The number of ether oxygens (including phenoxy) is 1. The highest BCUT2D eigenvalue weighted by Crippen LogP contribution is 2.34. The molecule has 1 aromatic heterocycles. The van der Waals surface area contributed by atoms with Crippen LogP contribution in [0.5, 0.6) is 5.75 Å². The molecule has 2 heterocycles. The summed E-state index contributed by atoms with van der Waals surface area (Å²) in [5.41, 5.74) is 3.13. The first kappa shape index (κ1) is 20.8. The summed E-state index contributed by atoms with van der Waals surface area (Å²) in [7, 11) is 0.